The molecule has 3 aromatic rings. The van der Waals surface area contributed by atoms with Crippen molar-refractivity contribution in [1.29, 1.82) is 0 Å². The normalized spacial score (nSPS) is 10.6. The maximum absolute atomic E-state index is 11.9. The molecule has 0 saturated heterocycles. The van der Waals surface area contributed by atoms with E-state index in [1.54, 1.807) is 24.3 Å². The molecule has 3 rings (SSSR count). The smallest absolute Gasteiger partial charge is 0.339 e. The third kappa shape index (κ3) is 6.05. The zero-order valence-corrected chi connectivity index (χ0v) is 17.6. The molecule has 0 aromatic heterocycles. The Morgan fingerprint density at radius 3 is 2.50 bits per heavy atom. The lowest BCUT2D eigenvalue weighted by Crippen LogP contribution is -2.24. The minimum absolute atomic E-state index is 0.0185. The van der Waals surface area contributed by atoms with Crippen LogP contribution in [0.3, 0.4) is 0 Å². The fourth-order valence-electron chi connectivity index (χ4n) is 2.80. The lowest BCUT2D eigenvalue weighted by Gasteiger charge is -2.12. The van der Waals surface area contributed by atoms with Crippen molar-refractivity contribution in [3.8, 4) is 11.5 Å². The third-order valence-corrected chi connectivity index (χ3v) is 4.39. The molecule has 0 atom stereocenters. The Morgan fingerprint density at radius 2 is 1.84 bits per heavy atom. The summed E-state index contributed by atoms with van der Waals surface area (Å²) in [5, 5.41) is 18.1. The molecular formula is C23H22N4O5. The summed E-state index contributed by atoms with van der Waals surface area (Å²) in [5.74, 6) is 0.200. The first-order valence-electron chi connectivity index (χ1n) is 9.66. The van der Waals surface area contributed by atoms with E-state index >= 15 is 0 Å². The number of ether oxygens (including phenoxy) is 2. The van der Waals surface area contributed by atoms with Crippen LogP contribution < -0.4 is 20.2 Å². The van der Waals surface area contributed by atoms with Gasteiger partial charge in [0, 0.05) is 17.3 Å². The van der Waals surface area contributed by atoms with Gasteiger partial charge in [-0.3, -0.25) is 10.1 Å². The number of methoxy groups -OCH3 is 1. The van der Waals surface area contributed by atoms with Crippen LogP contribution in [0.5, 0.6) is 11.5 Å². The highest BCUT2D eigenvalue weighted by Crippen LogP contribution is 2.38. The zero-order chi connectivity index (χ0) is 22.9. The van der Waals surface area contributed by atoms with Gasteiger partial charge in [-0.2, -0.15) is 5.10 Å². The molecule has 0 saturated carbocycles. The van der Waals surface area contributed by atoms with E-state index in [2.05, 4.69) is 15.8 Å². The van der Waals surface area contributed by atoms with Crippen LogP contribution in [0.1, 0.15) is 16.7 Å². The molecule has 0 unspecified atom stereocenters. The second-order valence-corrected chi connectivity index (χ2v) is 6.79. The second kappa shape index (κ2) is 10.6. The van der Waals surface area contributed by atoms with Gasteiger partial charge in [-0.1, -0.05) is 48.0 Å². The number of amides is 2. The van der Waals surface area contributed by atoms with E-state index in [-0.39, 0.29) is 23.8 Å². The molecule has 9 heteroatoms. The van der Waals surface area contributed by atoms with Gasteiger partial charge in [-0.05, 0) is 30.7 Å². The van der Waals surface area contributed by atoms with Gasteiger partial charge < -0.3 is 14.8 Å². The number of nitro benzene ring substituents is 1. The van der Waals surface area contributed by atoms with E-state index in [1.807, 2.05) is 37.3 Å². The van der Waals surface area contributed by atoms with Gasteiger partial charge in [-0.25, -0.2) is 10.2 Å². The van der Waals surface area contributed by atoms with Crippen molar-refractivity contribution >= 4 is 23.6 Å². The Morgan fingerprint density at radius 1 is 1.12 bits per heavy atom. The van der Waals surface area contributed by atoms with Crippen LogP contribution in [-0.4, -0.2) is 24.3 Å². The topological polar surface area (TPSA) is 115 Å². The van der Waals surface area contributed by atoms with Crippen LogP contribution in [0.15, 0.2) is 71.8 Å². The SMILES string of the molecule is COc1cc(/C=N/NC(=O)Nc2ccccc2)cc([N+](=O)[O-])c1OCc1ccc(C)cc1. The number of benzene rings is 3. The van der Waals surface area contributed by atoms with Gasteiger partial charge in [0.05, 0.1) is 18.2 Å². The third-order valence-electron chi connectivity index (χ3n) is 4.39. The summed E-state index contributed by atoms with van der Waals surface area (Å²) in [6, 6.07) is 18.8. The molecule has 0 radical (unpaired) electrons. The van der Waals surface area contributed by atoms with Crippen molar-refractivity contribution in [1.82, 2.24) is 5.43 Å². The summed E-state index contributed by atoms with van der Waals surface area (Å²) in [4.78, 5) is 23.0. The number of hydrogen-bond donors (Lipinski definition) is 2. The first-order chi connectivity index (χ1) is 15.5. The Balaban J connectivity index is 1.73. The van der Waals surface area contributed by atoms with E-state index in [1.165, 1.54) is 25.5 Å². The number of nitrogens with one attached hydrogen (secondary N) is 2. The van der Waals surface area contributed by atoms with Gasteiger partial charge in [0.15, 0.2) is 5.75 Å². The Hall–Kier alpha value is -4.40. The number of hydrogen-bond acceptors (Lipinski definition) is 6. The first-order valence-corrected chi connectivity index (χ1v) is 9.66. The van der Waals surface area contributed by atoms with E-state index in [9.17, 15) is 14.9 Å². The van der Waals surface area contributed by atoms with Crippen molar-refractivity contribution < 1.29 is 19.2 Å². The van der Waals surface area contributed by atoms with Crippen LogP contribution in [-0.2, 0) is 6.61 Å². The average Bonchev–Trinajstić information content (AvgIpc) is 2.79. The maximum atomic E-state index is 11.9. The molecule has 2 N–H and O–H groups in total. The lowest BCUT2D eigenvalue weighted by atomic mass is 10.1. The van der Waals surface area contributed by atoms with Gasteiger partial charge >= 0.3 is 11.7 Å². The summed E-state index contributed by atoms with van der Waals surface area (Å²) in [5.41, 5.74) is 4.97. The van der Waals surface area contributed by atoms with E-state index < -0.39 is 11.0 Å². The number of nitro groups is 1. The number of urea groups is 1. The Kier molecular flexibility index (Phi) is 7.37. The predicted molar refractivity (Wildman–Crippen MR) is 121 cm³/mol. The standard InChI is InChI=1S/C23H22N4O5/c1-16-8-10-17(11-9-16)15-32-22-20(27(29)30)12-18(13-21(22)31-2)14-24-26-23(28)25-19-6-4-3-5-7-19/h3-14H,15H2,1-2H3,(H2,25,26,28)/b24-14+. The quantitative estimate of drug-likeness (QED) is 0.304. The summed E-state index contributed by atoms with van der Waals surface area (Å²) >= 11 is 0. The number of hydrazone groups is 1. The Bertz CT molecular complexity index is 1120. The molecule has 0 spiro atoms. The molecule has 32 heavy (non-hydrogen) atoms. The number of rotatable bonds is 8. The first kappa shape index (κ1) is 22.3. The van der Waals surface area contributed by atoms with Crippen LogP contribution in [0.4, 0.5) is 16.2 Å². The van der Waals surface area contributed by atoms with Gasteiger partial charge in [-0.15, -0.1) is 0 Å². The zero-order valence-electron chi connectivity index (χ0n) is 17.6. The fourth-order valence-corrected chi connectivity index (χ4v) is 2.80. The molecule has 3 aromatic carbocycles. The number of carbonyl (C=O) groups excluding carboxylic acids is 1. The van der Waals surface area contributed by atoms with Crippen LogP contribution in [0.2, 0.25) is 0 Å². The number of carbonyl (C=O) groups is 1. The summed E-state index contributed by atoms with van der Waals surface area (Å²) in [7, 11) is 1.39. The highest BCUT2D eigenvalue weighted by Gasteiger charge is 2.22. The van der Waals surface area contributed by atoms with Crippen molar-refractivity contribution in [3.63, 3.8) is 0 Å². The minimum atomic E-state index is -0.556. The van der Waals surface area contributed by atoms with Crippen molar-refractivity contribution in [2.24, 2.45) is 5.10 Å². The predicted octanol–water partition coefficient (Wildman–Crippen LogP) is 4.65. The number of para-hydroxylation sites is 1. The highest BCUT2D eigenvalue weighted by molar-refractivity contribution is 5.90. The monoisotopic (exact) mass is 434 g/mol. The molecule has 164 valence electrons. The number of aryl methyl sites for hydroxylation is 1. The number of nitrogens with zero attached hydrogens (tertiary/aromatic N) is 2. The Labute approximate surface area is 184 Å². The van der Waals surface area contributed by atoms with E-state index in [4.69, 9.17) is 9.47 Å². The summed E-state index contributed by atoms with van der Waals surface area (Å²) in [6.45, 7) is 2.12. The largest absolute Gasteiger partial charge is 0.493 e. The van der Waals surface area contributed by atoms with Crippen molar-refractivity contribution in [3.05, 3.63) is 93.5 Å². The van der Waals surface area contributed by atoms with Crippen LogP contribution in [0, 0.1) is 17.0 Å². The molecule has 0 aliphatic carbocycles. The molecule has 0 aliphatic rings. The van der Waals surface area contributed by atoms with E-state index in [0.29, 0.717) is 11.3 Å². The lowest BCUT2D eigenvalue weighted by molar-refractivity contribution is -0.386. The molecule has 0 aliphatic heterocycles. The molecule has 0 heterocycles. The van der Waals surface area contributed by atoms with Crippen LogP contribution >= 0.6 is 0 Å². The summed E-state index contributed by atoms with van der Waals surface area (Å²) in [6.07, 6.45) is 1.28. The van der Waals surface area contributed by atoms with Gasteiger partial charge in [0.25, 0.3) is 0 Å². The van der Waals surface area contributed by atoms with Crippen LogP contribution in [0.25, 0.3) is 0 Å². The van der Waals surface area contributed by atoms with Gasteiger partial charge in [0.1, 0.15) is 6.61 Å². The fraction of sp³-hybridized carbons (Fsp3) is 0.130. The summed E-state index contributed by atoms with van der Waals surface area (Å²) < 4.78 is 11.0. The van der Waals surface area contributed by atoms with Gasteiger partial charge in [0.2, 0.25) is 5.75 Å². The molecule has 9 nitrogen and oxygen atoms in total. The minimum Gasteiger partial charge on any atom is -0.493 e. The number of anilines is 1. The molecular weight excluding hydrogens is 412 g/mol. The maximum Gasteiger partial charge on any atom is 0.339 e. The van der Waals surface area contributed by atoms with E-state index in [0.717, 1.165) is 11.1 Å². The average molecular weight is 434 g/mol. The molecule has 0 bridgehead atoms. The van der Waals surface area contributed by atoms with Crippen molar-refractivity contribution in [2.45, 2.75) is 13.5 Å². The molecule has 0 fully saturated rings. The molecule has 2 amide bonds. The van der Waals surface area contributed by atoms with Crippen molar-refractivity contribution in [2.75, 3.05) is 12.4 Å². The highest BCUT2D eigenvalue weighted by atomic mass is 16.6. The second-order valence-electron chi connectivity index (χ2n) is 6.79.